The molecule has 0 aliphatic carbocycles. The Morgan fingerprint density at radius 3 is 2.55 bits per heavy atom. The fraction of sp³-hybridized carbons (Fsp3) is 0. The van der Waals surface area contributed by atoms with Gasteiger partial charge in [0.25, 0.3) is 0 Å². The summed E-state index contributed by atoms with van der Waals surface area (Å²) in [6.07, 6.45) is 1.90. The molecule has 0 spiro atoms. The van der Waals surface area contributed by atoms with Crippen LogP contribution in [0.25, 0.3) is 10.4 Å². The summed E-state index contributed by atoms with van der Waals surface area (Å²) < 4.78 is 1.07. The van der Waals surface area contributed by atoms with E-state index in [1.165, 1.54) is 10.4 Å². The number of aliphatic imine (C=N–C) groups is 1. The van der Waals surface area contributed by atoms with Gasteiger partial charge in [-0.05, 0) is 52.9 Å². The number of rotatable bonds is 3. The zero-order valence-electron chi connectivity index (χ0n) is 10.7. The molecule has 1 heterocycles. The molecule has 3 aromatic rings. The van der Waals surface area contributed by atoms with Crippen molar-refractivity contribution in [2.24, 2.45) is 4.99 Å². The average Bonchev–Trinajstić information content (AvgIpc) is 3.01. The van der Waals surface area contributed by atoms with Crippen LogP contribution in [0.4, 0.5) is 5.69 Å². The minimum Gasteiger partial charge on any atom is -0.256 e. The third-order valence-electron chi connectivity index (χ3n) is 2.88. The molecule has 0 radical (unpaired) electrons. The van der Waals surface area contributed by atoms with E-state index in [1.54, 1.807) is 11.3 Å². The number of halogens is 1. The molecule has 0 saturated heterocycles. The van der Waals surface area contributed by atoms with Gasteiger partial charge in [0.2, 0.25) is 0 Å². The van der Waals surface area contributed by atoms with Crippen LogP contribution in [0.15, 0.2) is 75.5 Å². The molecule has 98 valence electrons. The largest absolute Gasteiger partial charge is 0.256 e. The maximum Gasteiger partial charge on any atom is 0.0630 e. The van der Waals surface area contributed by atoms with Crippen molar-refractivity contribution < 1.29 is 0 Å². The summed E-state index contributed by atoms with van der Waals surface area (Å²) in [5.41, 5.74) is 3.30. The molecule has 1 aromatic heterocycles. The summed E-state index contributed by atoms with van der Waals surface area (Å²) in [6, 6.07) is 20.6. The fourth-order valence-electron chi connectivity index (χ4n) is 1.89. The molecule has 0 fully saturated rings. The maximum absolute atomic E-state index is 4.50. The standard InChI is InChI=1S/C17H12BrNS/c18-15-6-8-16(9-7-15)19-12-13-3-1-4-14(11-13)17-5-2-10-20-17/h1-12H. The van der Waals surface area contributed by atoms with E-state index in [9.17, 15) is 0 Å². The maximum atomic E-state index is 4.50. The molecular formula is C17H12BrNS. The second-order valence-electron chi connectivity index (χ2n) is 4.34. The van der Waals surface area contributed by atoms with E-state index in [1.807, 2.05) is 30.5 Å². The first-order valence-electron chi connectivity index (χ1n) is 6.25. The van der Waals surface area contributed by atoms with Gasteiger partial charge in [-0.2, -0.15) is 0 Å². The Kier molecular flexibility index (Phi) is 4.09. The van der Waals surface area contributed by atoms with Crippen LogP contribution >= 0.6 is 27.3 Å². The predicted octanol–water partition coefficient (Wildman–Crippen LogP) is 5.93. The van der Waals surface area contributed by atoms with Crippen molar-refractivity contribution in [3.63, 3.8) is 0 Å². The monoisotopic (exact) mass is 341 g/mol. The van der Waals surface area contributed by atoms with Crippen LogP contribution in [0, 0.1) is 0 Å². The lowest BCUT2D eigenvalue weighted by atomic mass is 10.1. The zero-order valence-corrected chi connectivity index (χ0v) is 13.1. The van der Waals surface area contributed by atoms with Gasteiger partial charge in [0.15, 0.2) is 0 Å². The number of thiophene rings is 1. The second kappa shape index (κ2) is 6.16. The normalized spacial score (nSPS) is 11.1. The first-order valence-corrected chi connectivity index (χ1v) is 7.92. The van der Waals surface area contributed by atoms with Crippen molar-refractivity contribution in [2.45, 2.75) is 0 Å². The summed E-state index contributed by atoms with van der Waals surface area (Å²) in [5, 5.41) is 2.10. The molecule has 20 heavy (non-hydrogen) atoms. The van der Waals surface area contributed by atoms with Crippen LogP contribution < -0.4 is 0 Å². The van der Waals surface area contributed by atoms with Crippen molar-refractivity contribution in [3.05, 3.63) is 76.1 Å². The molecule has 0 N–H and O–H groups in total. The summed E-state index contributed by atoms with van der Waals surface area (Å²) >= 11 is 5.17. The average molecular weight is 342 g/mol. The third kappa shape index (κ3) is 3.24. The Balaban J connectivity index is 1.84. The summed E-state index contributed by atoms with van der Waals surface area (Å²) in [6.45, 7) is 0. The lowest BCUT2D eigenvalue weighted by molar-refractivity contribution is 1.51. The van der Waals surface area contributed by atoms with E-state index in [4.69, 9.17) is 0 Å². The van der Waals surface area contributed by atoms with E-state index in [-0.39, 0.29) is 0 Å². The van der Waals surface area contributed by atoms with Gasteiger partial charge in [-0.15, -0.1) is 11.3 Å². The number of benzene rings is 2. The quantitative estimate of drug-likeness (QED) is 0.523. The Morgan fingerprint density at radius 2 is 1.80 bits per heavy atom. The highest BCUT2D eigenvalue weighted by atomic mass is 79.9. The molecule has 2 aromatic carbocycles. The Labute approximate surface area is 130 Å². The Morgan fingerprint density at radius 1 is 0.950 bits per heavy atom. The SMILES string of the molecule is Brc1ccc(N=Cc2cccc(-c3cccs3)c2)cc1. The molecule has 0 atom stereocenters. The highest BCUT2D eigenvalue weighted by molar-refractivity contribution is 9.10. The second-order valence-corrected chi connectivity index (χ2v) is 6.20. The van der Waals surface area contributed by atoms with E-state index < -0.39 is 0 Å². The highest BCUT2D eigenvalue weighted by Crippen LogP contribution is 2.25. The van der Waals surface area contributed by atoms with Gasteiger partial charge in [0.05, 0.1) is 5.69 Å². The van der Waals surface area contributed by atoms with Crippen molar-refractivity contribution >= 4 is 39.2 Å². The molecule has 0 saturated carbocycles. The Hall–Kier alpha value is -1.71. The van der Waals surface area contributed by atoms with Crippen LogP contribution in [0.5, 0.6) is 0 Å². The van der Waals surface area contributed by atoms with E-state index in [2.05, 4.69) is 62.7 Å². The number of nitrogens with zero attached hydrogens (tertiary/aromatic N) is 1. The Bertz CT molecular complexity index is 715. The smallest absolute Gasteiger partial charge is 0.0630 e. The lowest BCUT2D eigenvalue weighted by Crippen LogP contribution is -1.81. The summed E-state index contributed by atoms with van der Waals surface area (Å²) in [5.74, 6) is 0. The topological polar surface area (TPSA) is 12.4 Å². The van der Waals surface area contributed by atoms with Crippen molar-refractivity contribution in [1.29, 1.82) is 0 Å². The molecule has 0 bridgehead atoms. The zero-order chi connectivity index (χ0) is 13.8. The van der Waals surface area contributed by atoms with Crippen molar-refractivity contribution in [2.75, 3.05) is 0 Å². The van der Waals surface area contributed by atoms with E-state index in [0.717, 1.165) is 15.7 Å². The number of hydrogen-bond acceptors (Lipinski definition) is 2. The molecule has 0 amide bonds. The third-order valence-corrected chi connectivity index (χ3v) is 4.33. The summed E-state index contributed by atoms with van der Waals surface area (Å²) in [4.78, 5) is 5.78. The van der Waals surface area contributed by atoms with Gasteiger partial charge in [-0.3, -0.25) is 4.99 Å². The minimum absolute atomic E-state index is 0.953. The van der Waals surface area contributed by atoms with Gasteiger partial charge in [-0.1, -0.05) is 40.2 Å². The van der Waals surface area contributed by atoms with E-state index >= 15 is 0 Å². The van der Waals surface area contributed by atoms with Gasteiger partial charge in [0, 0.05) is 15.6 Å². The molecule has 3 rings (SSSR count). The van der Waals surface area contributed by atoms with Gasteiger partial charge >= 0.3 is 0 Å². The van der Waals surface area contributed by atoms with Gasteiger partial charge in [-0.25, -0.2) is 0 Å². The molecular weight excluding hydrogens is 330 g/mol. The highest BCUT2D eigenvalue weighted by Gasteiger charge is 1.98. The van der Waals surface area contributed by atoms with Crippen LogP contribution in [0.3, 0.4) is 0 Å². The molecule has 3 heteroatoms. The van der Waals surface area contributed by atoms with Crippen LogP contribution in [0.1, 0.15) is 5.56 Å². The van der Waals surface area contributed by atoms with Gasteiger partial charge < -0.3 is 0 Å². The molecule has 0 aliphatic heterocycles. The number of hydrogen-bond donors (Lipinski definition) is 0. The molecule has 0 aliphatic rings. The lowest BCUT2D eigenvalue weighted by Gasteiger charge is -1.99. The summed E-state index contributed by atoms with van der Waals surface area (Å²) in [7, 11) is 0. The first-order chi connectivity index (χ1) is 9.81. The van der Waals surface area contributed by atoms with Crippen LogP contribution in [-0.2, 0) is 0 Å². The molecule has 1 nitrogen and oxygen atoms in total. The molecule has 0 unspecified atom stereocenters. The van der Waals surface area contributed by atoms with Crippen molar-refractivity contribution in [1.82, 2.24) is 0 Å². The van der Waals surface area contributed by atoms with Gasteiger partial charge in [0.1, 0.15) is 0 Å². The van der Waals surface area contributed by atoms with E-state index in [0.29, 0.717) is 0 Å². The van der Waals surface area contributed by atoms with Crippen LogP contribution in [0.2, 0.25) is 0 Å². The fourth-order valence-corrected chi connectivity index (χ4v) is 2.88. The van der Waals surface area contributed by atoms with Crippen molar-refractivity contribution in [3.8, 4) is 10.4 Å². The van der Waals surface area contributed by atoms with Crippen LogP contribution in [-0.4, -0.2) is 6.21 Å². The predicted molar refractivity (Wildman–Crippen MR) is 91.2 cm³/mol. The minimum atomic E-state index is 0.953. The first kappa shape index (κ1) is 13.3.